The Labute approximate surface area is 201 Å². The predicted molar refractivity (Wildman–Crippen MR) is 114 cm³/mol. The molecule has 3 aromatic rings. The average molecular weight is 499 g/mol. The summed E-state index contributed by atoms with van der Waals surface area (Å²) in [6.07, 6.45) is -3.12. The Morgan fingerprint density at radius 3 is 2.44 bits per heavy atom. The summed E-state index contributed by atoms with van der Waals surface area (Å²) in [7, 11) is 0. The maximum absolute atomic E-state index is 14.8. The summed E-state index contributed by atoms with van der Waals surface area (Å²) in [5.41, 5.74) is -1.88. The highest BCUT2D eigenvalue weighted by molar-refractivity contribution is 6.10. The number of nitrogens with zero attached hydrogens (tertiary/aromatic N) is 5. The lowest BCUT2D eigenvalue weighted by atomic mass is 9.65. The van der Waals surface area contributed by atoms with Gasteiger partial charge in [-0.25, -0.2) is 4.39 Å². The number of carbonyl (C=O) groups is 2. The SMILES string of the molecule is N#Cc1ccc(N2CC(=O)N(Cc3ccc(C(F)(F)F)cc3)[C@]3(C[C@H](c4nnco4)C3)C2=O)c(F)c1. The fourth-order valence-electron chi connectivity index (χ4n) is 4.79. The molecule has 2 aliphatic rings. The molecule has 184 valence electrons. The van der Waals surface area contributed by atoms with Crippen molar-refractivity contribution in [1.82, 2.24) is 15.1 Å². The Kier molecular flexibility index (Phi) is 5.50. The van der Waals surface area contributed by atoms with E-state index in [2.05, 4.69) is 10.2 Å². The van der Waals surface area contributed by atoms with E-state index in [0.29, 0.717) is 5.56 Å². The molecule has 5 rings (SSSR count). The zero-order valence-corrected chi connectivity index (χ0v) is 18.5. The van der Waals surface area contributed by atoms with Gasteiger partial charge in [-0.3, -0.25) is 14.5 Å². The first-order valence-corrected chi connectivity index (χ1v) is 10.9. The smallest absolute Gasteiger partial charge is 0.416 e. The predicted octanol–water partition coefficient (Wildman–Crippen LogP) is 3.79. The number of halogens is 4. The molecule has 2 amide bonds. The van der Waals surface area contributed by atoms with Gasteiger partial charge in [-0.1, -0.05) is 12.1 Å². The van der Waals surface area contributed by atoms with Crippen LogP contribution in [0.25, 0.3) is 0 Å². The van der Waals surface area contributed by atoms with Crippen molar-refractivity contribution in [2.24, 2.45) is 0 Å². The van der Waals surface area contributed by atoms with Crippen molar-refractivity contribution < 1.29 is 31.6 Å². The number of amides is 2. The molecule has 2 heterocycles. The molecule has 0 unspecified atom stereocenters. The van der Waals surface area contributed by atoms with Crippen LogP contribution in [0.5, 0.6) is 0 Å². The van der Waals surface area contributed by atoms with Gasteiger partial charge in [0.25, 0.3) is 5.91 Å². The highest BCUT2D eigenvalue weighted by Crippen LogP contribution is 2.51. The van der Waals surface area contributed by atoms with Crippen LogP contribution in [-0.2, 0) is 22.3 Å². The highest BCUT2D eigenvalue weighted by Gasteiger charge is 2.61. The minimum atomic E-state index is -4.51. The van der Waals surface area contributed by atoms with Crippen molar-refractivity contribution in [3.63, 3.8) is 0 Å². The van der Waals surface area contributed by atoms with E-state index in [-0.39, 0.29) is 42.4 Å². The summed E-state index contributed by atoms with van der Waals surface area (Å²) < 4.78 is 58.9. The molecular weight excluding hydrogens is 482 g/mol. The number of alkyl halides is 3. The Hall–Kier alpha value is -4.27. The van der Waals surface area contributed by atoms with Crippen LogP contribution in [0.4, 0.5) is 23.2 Å². The Balaban J connectivity index is 1.48. The second kappa shape index (κ2) is 8.44. The number of benzene rings is 2. The molecule has 12 heteroatoms. The van der Waals surface area contributed by atoms with Crippen LogP contribution in [0.15, 0.2) is 53.3 Å². The van der Waals surface area contributed by atoms with Gasteiger partial charge in [0.1, 0.15) is 17.9 Å². The molecule has 1 saturated heterocycles. The van der Waals surface area contributed by atoms with Crippen LogP contribution in [-0.4, -0.2) is 39.0 Å². The standard InChI is InChI=1S/C24H17F4N5O3/c25-18-7-15(10-29)3-6-19(18)32-12-20(34)33(11-14-1-4-17(5-2-14)24(26,27)28)23(22(32)35)8-16(9-23)21-31-30-13-36-21/h1-7,13,16H,8-9,11-12H2/t16-,23-. The first kappa shape index (κ1) is 23.5. The van der Waals surface area contributed by atoms with Crippen molar-refractivity contribution in [1.29, 1.82) is 5.26 Å². The van der Waals surface area contributed by atoms with Crippen molar-refractivity contribution >= 4 is 17.5 Å². The number of nitriles is 1. The molecule has 0 bridgehead atoms. The fourth-order valence-corrected chi connectivity index (χ4v) is 4.79. The quantitative estimate of drug-likeness (QED) is 0.506. The monoisotopic (exact) mass is 499 g/mol. The molecular formula is C24H17F4N5O3. The van der Waals surface area contributed by atoms with Gasteiger partial charge in [-0.2, -0.15) is 18.4 Å². The largest absolute Gasteiger partial charge is 0.428 e. The summed E-state index contributed by atoms with van der Waals surface area (Å²) in [5.74, 6) is -1.90. The third kappa shape index (κ3) is 3.86. The molecule has 0 N–H and O–H groups in total. The van der Waals surface area contributed by atoms with Gasteiger partial charge in [-0.05, 0) is 48.7 Å². The Bertz CT molecular complexity index is 1360. The summed E-state index contributed by atoms with van der Waals surface area (Å²) in [6, 6.07) is 9.76. The topological polar surface area (TPSA) is 103 Å². The van der Waals surface area contributed by atoms with Gasteiger partial charge < -0.3 is 9.32 Å². The lowest BCUT2D eigenvalue weighted by Gasteiger charge is -2.56. The van der Waals surface area contributed by atoms with E-state index in [4.69, 9.17) is 9.68 Å². The van der Waals surface area contributed by atoms with E-state index in [1.54, 1.807) is 0 Å². The van der Waals surface area contributed by atoms with Gasteiger partial charge in [-0.15, -0.1) is 10.2 Å². The van der Waals surface area contributed by atoms with E-state index in [9.17, 15) is 27.2 Å². The molecule has 1 saturated carbocycles. The summed E-state index contributed by atoms with van der Waals surface area (Å²) in [5, 5.41) is 16.5. The third-order valence-electron chi connectivity index (χ3n) is 6.64. The fraction of sp³-hybridized carbons (Fsp3) is 0.292. The van der Waals surface area contributed by atoms with Crippen molar-refractivity contribution in [2.45, 2.75) is 37.0 Å². The van der Waals surface area contributed by atoms with E-state index < -0.39 is 41.5 Å². The summed E-state index contributed by atoms with van der Waals surface area (Å²) in [4.78, 5) is 29.5. The van der Waals surface area contributed by atoms with Crippen LogP contribution >= 0.6 is 0 Å². The number of anilines is 1. The van der Waals surface area contributed by atoms with Gasteiger partial charge in [0.2, 0.25) is 18.2 Å². The number of rotatable bonds is 4. The van der Waals surface area contributed by atoms with E-state index in [0.717, 1.165) is 29.5 Å². The first-order chi connectivity index (χ1) is 17.1. The van der Waals surface area contributed by atoms with E-state index in [1.807, 2.05) is 6.07 Å². The lowest BCUT2D eigenvalue weighted by molar-refractivity contribution is -0.160. The van der Waals surface area contributed by atoms with Crippen molar-refractivity contribution in [2.75, 3.05) is 11.4 Å². The molecule has 2 fully saturated rings. The molecule has 2 aromatic carbocycles. The first-order valence-electron chi connectivity index (χ1n) is 10.9. The summed E-state index contributed by atoms with van der Waals surface area (Å²) >= 11 is 0. The molecule has 36 heavy (non-hydrogen) atoms. The number of piperazine rings is 1. The molecule has 8 nitrogen and oxygen atoms in total. The zero-order chi connectivity index (χ0) is 25.7. The number of aromatic nitrogens is 2. The van der Waals surface area contributed by atoms with Crippen molar-refractivity contribution in [3.8, 4) is 6.07 Å². The van der Waals surface area contributed by atoms with E-state index in [1.165, 1.54) is 29.2 Å². The highest BCUT2D eigenvalue weighted by atomic mass is 19.4. The zero-order valence-electron chi connectivity index (χ0n) is 18.5. The number of hydrogen-bond donors (Lipinski definition) is 0. The van der Waals surface area contributed by atoms with Gasteiger partial charge in [0.15, 0.2) is 0 Å². The van der Waals surface area contributed by atoms with E-state index >= 15 is 0 Å². The minimum absolute atomic E-state index is 0.0609. The second-order valence-electron chi connectivity index (χ2n) is 8.76. The van der Waals surface area contributed by atoms with Crippen LogP contribution in [0.1, 0.15) is 41.3 Å². The minimum Gasteiger partial charge on any atom is -0.428 e. The maximum Gasteiger partial charge on any atom is 0.416 e. The van der Waals surface area contributed by atoms with Crippen LogP contribution in [0, 0.1) is 17.1 Å². The van der Waals surface area contributed by atoms with Crippen LogP contribution < -0.4 is 4.90 Å². The van der Waals surface area contributed by atoms with Crippen LogP contribution in [0.2, 0.25) is 0 Å². The maximum atomic E-state index is 14.8. The molecule has 1 aliphatic carbocycles. The van der Waals surface area contributed by atoms with Gasteiger partial charge in [0, 0.05) is 12.5 Å². The number of carbonyl (C=O) groups excluding carboxylic acids is 2. The number of hydrogen-bond acceptors (Lipinski definition) is 6. The molecule has 1 spiro atoms. The molecule has 1 aliphatic heterocycles. The average Bonchev–Trinajstić information content (AvgIpc) is 3.34. The Morgan fingerprint density at radius 2 is 1.86 bits per heavy atom. The second-order valence-corrected chi connectivity index (χ2v) is 8.76. The normalized spacial score (nSPS) is 22.0. The summed E-state index contributed by atoms with van der Waals surface area (Å²) in [6.45, 7) is -0.571. The van der Waals surface area contributed by atoms with Gasteiger partial charge in [0.05, 0.1) is 22.9 Å². The molecule has 1 aromatic heterocycles. The molecule has 0 atom stereocenters. The van der Waals surface area contributed by atoms with Crippen molar-refractivity contribution in [3.05, 3.63) is 77.3 Å². The Morgan fingerprint density at radius 1 is 1.14 bits per heavy atom. The third-order valence-corrected chi connectivity index (χ3v) is 6.64. The van der Waals surface area contributed by atoms with Gasteiger partial charge >= 0.3 is 6.18 Å². The molecule has 0 radical (unpaired) electrons. The van der Waals surface area contributed by atoms with Crippen LogP contribution in [0.3, 0.4) is 0 Å². The lowest BCUT2D eigenvalue weighted by Crippen LogP contribution is -2.72.